The Morgan fingerprint density at radius 2 is 1.83 bits per heavy atom. The Morgan fingerprint density at radius 1 is 1.04 bits per heavy atom. The van der Waals surface area contributed by atoms with E-state index in [9.17, 15) is 0 Å². The fraction of sp³-hybridized carbons (Fsp3) is 0.267. The molecule has 1 saturated heterocycles. The zero-order valence-corrected chi connectivity index (χ0v) is 14.8. The maximum Gasteiger partial charge on any atom is 0.177 e. The number of anilines is 1. The van der Waals surface area contributed by atoms with E-state index in [4.69, 9.17) is 34.8 Å². The van der Waals surface area contributed by atoms with Crippen LogP contribution in [0.4, 0.5) is 5.82 Å². The van der Waals surface area contributed by atoms with E-state index in [0.717, 1.165) is 26.2 Å². The van der Waals surface area contributed by atoms with Crippen molar-refractivity contribution in [2.75, 3.05) is 31.1 Å². The first-order chi connectivity index (χ1) is 11.6. The van der Waals surface area contributed by atoms with Crippen molar-refractivity contribution in [2.45, 2.75) is 0 Å². The highest BCUT2D eigenvalue weighted by Gasteiger charge is 2.21. The summed E-state index contributed by atoms with van der Waals surface area (Å²) in [5, 5.41) is 11.8. The van der Waals surface area contributed by atoms with Crippen molar-refractivity contribution in [3.05, 3.63) is 33.4 Å². The molecule has 0 radical (unpaired) electrons. The molecule has 2 N–H and O–H groups in total. The topological polar surface area (TPSA) is 69.7 Å². The first kappa shape index (κ1) is 15.9. The van der Waals surface area contributed by atoms with Gasteiger partial charge in [0.25, 0.3) is 0 Å². The van der Waals surface area contributed by atoms with Gasteiger partial charge in [0, 0.05) is 31.7 Å². The van der Waals surface area contributed by atoms with Crippen LogP contribution in [0.3, 0.4) is 0 Å². The van der Waals surface area contributed by atoms with Crippen molar-refractivity contribution in [1.29, 1.82) is 0 Å². The molecule has 0 spiro atoms. The van der Waals surface area contributed by atoms with Gasteiger partial charge in [-0.15, -0.1) is 0 Å². The minimum absolute atomic E-state index is 0.352. The summed E-state index contributed by atoms with van der Waals surface area (Å²) < 4.78 is 0. The monoisotopic (exact) mass is 382 g/mol. The third-order valence-corrected chi connectivity index (χ3v) is 5.03. The number of aromatic amines is 1. The van der Waals surface area contributed by atoms with Crippen molar-refractivity contribution in [1.82, 2.24) is 25.5 Å². The molecule has 24 heavy (non-hydrogen) atoms. The van der Waals surface area contributed by atoms with Gasteiger partial charge >= 0.3 is 0 Å². The van der Waals surface area contributed by atoms with Crippen LogP contribution in [0.2, 0.25) is 15.2 Å². The summed E-state index contributed by atoms with van der Waals surface area (Å²) in [4.78, 5) is 11.2. The Balaban J connectivity index is 1.83. The number of aromatic nitrogens is 4. The van der Waals surface area contributed by atoms with Gasteiger partial charge < -0.3 is 10.2 Å². The molecule has 0 saturated carbocycles. The number of hydrogen-bond donors (Lipinski definition) is 2. The zero-order valence-electron chi connectivity index (χ0n) is 12.5. The van der Waals surface area contributed by atoms with E-state index in [1.54, 1.807) is 6.07 Å². The molecule has 124 valence electrons. The van der Waals surface area contributed by atoms with Gasteiger partial charge in [-0.25, -0.2) is 9.97 Å². The summed E-state index contributed by atoms with van der Waals surface area (Å²) in [7, 11) is 0. The normalized spacial score (nSPS) is 15.2. The molecule has 0 bridgehead atoms. The van der Waals surface area contributed by atoms with Gasteiger partial charge in [-0.3, -0.25) is 5.10 Å². The fourth-order valence-electron chi connectivity index (χ4n) is 2.76. The predicted molar refractivity (Wildman–Crippen MR) is 97.2 cm³/mol. The molecule has 1 aliphatic rings. The lowest BCUT2D eigenvalue weighted by Crippen LogP contribution is -2.44. The number of rotatable bonds is 2. The Bertz CT molecular complexity index is 904. The van der Waals surface area contributed by atoms with Crippen molar-refractivity contribution in [3.8, 4) is 11.3 Å². The van der Waals surface area contributed by atoms with Crippen molar-refractivity contribution >= 4 is 51.8 Å². The Hall–Kier alpha value is -1.60. The number of nitrogens with zero attached hydrogens (tertiary/aromatic N) is 4. The van der Waals surface area contributed by atoms with Crippen molar-refractivity contribution < 1.29 is 0 Å². The molecule has 1 fully saturated rings. The van der Waals surface area contributed by atoms with Crippen LogP contribution in [0, 0.1) is 0 Å². The maximum absolute atomic E-state index is 6.39. The average Bonchev–Trinajstić information content (AvgIpc) is 3.00. The Kier molecular flexibility index (Phi) is 4.22. The van der Waals surface area contributed by atoms with E-state index in [0.29, 0.717) is 43.4 Å². The average molecular weight is 384 g/mol. The van der Waals surface area contributed by atoms with E-state index in [2.05, 4.69) is 30.4 Å². The second-order valence-electron chi connectivity index (χ2n) is 5.45. The lowest BCUT2D eigenvalue weighted by atomic mass is 10.1. The fourth-order valence-corrected chi connectivity index (χ4v) is 3.40. The molecule has 0 unspecified atom stereocenters. The zero-order chi connectivity index (χ0) is 16.7. The van der Waals surface area contributed by atoms with Crippen LogP contribution >= 0.6 is 34.8 Å². The van der Waals surface area contributed by atoms with E-state index in [1.807, 2.05) is 12.1 Å². The van der Waals surface area contributed by atoms with Gasteiger partial charge in [0.1, 0.15) is 11.2 Å². The standard InChI is InChI=1S/C15H13Cl3N6/c16-9-3-1-2-8(10(9)17)11-12-14(23-22-11)21-15(13(18)20-12)24-6-4-19-5-7-24/h1-3,19H,4-7H2,(H,21,22,23). The van der Waals surface area contributed by atoms with Crippen LogP contribution in [0.5, 0.6) is 0 Å². The lowest BCUT2D eigenvalue weighted by Gasteiger charge is -2.28. The number of halogens is 3. The molecule has 3 heterocycles. The third-order valence-electron chi connectivity index (χ3n) is 3.96. The molecule has 1 aliphatic heterocycles. The van der Waals surface area contributed by atoms with Crippen molar-refractivity contribution in [2.24, 2.45) is 0 Å². The summed E-state index contributed by atoms with van der Waals surface area (Å²) in [5.74, 6) is 0.665. The molecule has 0 atom stereocenters. The molecule has 0 amide bonds. The van der Waals surface area contributed by atoms with E-state index in [1.165, 1.54) is 0 Å². The van der Waals surface area contributed by atoms with E-state index < -0.39 is 0 Å². The number of hydrogen-bond acceptors (Lipinski definition) is 5. The Morgan fingerprint density at radius 3 is 2.62 bits per heavy atom. The van der Waals surface area contributed by atoms with Gasteiger partial charge in [-0.1, -0.05) is 46.9 Å². The highest BCUT2D eigenvalue weighted by Crippen LogP contribution is 2.36. The van der Waals surface area contributed by atoms with Crippen LogP contribution in [-0.2, 0) is 0 Å². The molecule has 6 nitrogen and oxygen atoms in total. The van der Waals surface area contributed by atoms with E-state index >= 15 is 0 Å². The molecule has 9 heteroatoms. The minimum atomic E-state index is 0.352. The number of nitrogens with one attached hydrogen (secondary N) is 2. The number of fused-ring (bicyclic) bond motifs is 1. The molecule has 4 rings (SSSR count). The summed E-state index contributed by atoms with van der Waals surface area (Å²) in [5.41, 5.74) is 2.41. The maximum atomic E-state index is 6.39. The molecule has 1 aromatic carbocycles. The highest BCUT2D eigenvalue weighted by atomic mass is 35.5. The van der Waals surface area contributed by atoms with Gasteiger partial charge in [-0.05, 0) is 6.07 Å². The summed E-state index contributed by atoms with van der Waals surface area (Å²) in [6, 6.07) is 5.38. The SMILES string of the molecule is Clc1cccc(-c2n[nH]c3nc(N4CCNCC4)c(Cl)nc23)c1Cl. The first-order valence-corrected chi connectivity index (χ1v) is 8.60. The quantitative estimate of drug-likeness (QED) is 0.710. The number of benzene rings is 1. The molecule has 2 aromatic heterocycles. The van der Waals surface area contributed by atoms with Crippen LogP contribution in [-0.4, -0.2) is 46.3 Å². The predicted octanol–water partition coefficient (Wildman–Crippen LogP) is 3.39. The summed E-state index contributed by atoms with van der Waals surface area (Å²) in [6.07, 6.45) is 0. The van der Waals surface area contributed by atoms with Gasteiger partial charge in [0.2, 0.25) is 0 Å². The van der Waals surface area contributed by atoms with Crippen LogP contribution < -0.4 is 10.2 Å². The second kappa shape index (κ2) is 6.37. The van der Waals surface area contributed by atoms with Gasteiger partial charge in [0.05, 0.1) is 10.0 Å². The Labute approximate surface area is 153 Å². The minimum Gasteiger partial charge on any atom is -0.351 e. The molecule has 3 aromatic rings. The first-order valence-electron chi connectivity index (χ1n) is 7.47. The van der Waals surface area contributed by atoms with Gasteiger partial charge in [0.15, 0.2) is 16.6 Å². The summed E-state index contributed by atoms with van der Waals surface area (Å²) in [6.45, 7) is 3.45. The summed E-state index contributed by atoms with van der Waals surface area (Å²) >= 11 is 18.8. The largest absolute Gasteiger partial charge is 0.351 e. The third kappa shape index (κ3) is 2.69. The number of H-pyrrole nitrogens is 1. The van der Waals surface area contributed by atoms with Crippen LogP contribution in [0.1, 0.15) is 0 Å². The molecular formula is C15H13Cl3N6. The van der Waals surface area contributed by atoms with Crippen LogP contribution in [0.25, 0.3) is 22.4 Å². The van der Waals surface area contributed by atoms with Crippen molar-refractivity contribution in [3.63, 3.8) is 0 Å². The molecular weight excluding hydrogens is 371 g/mol. The number of piperazine rings is 1. The lowest BCUT2D eigenvalue weighted by molar-refractivity contribution is 0.585. The van der Waals surface area contributed by atoms with E-state index in [-0.39, 0.29) is 0 Å². The highest BCUT2D eigenvalue weighted by molar-refractivity contribution is 6.43. The van der Waals surface area contributed by atoms with Gasteiger partial charge in [-0.2, -0.15) is 5.10 Å². The molecule has 0 aliphatic carbocycles. The smallest absolute Gasteiger partial charge is 0.177 e. The van der Waals surface area contributed by atoms with Crippen LogP contribution in [0.15, 0.2) is 18.2 Å². The second-order valence-corrected chi connectivity index (χ2v) is 6.59.